The van der Waals surface area contributed by atoms with Gasteiger partial charge in [-0.25, -0.2) is 9.59 Å². The number of hydrogen-bond acceptors (Lipinski definition) is 6. The highest BCUT2D eigenvalue weighted by Gasteiger charge is 2.45. The Morgan fingerprint density at radius 1 is 0.708 bits per heavy atom. The van der Waals surface area contributed by atoms with Crippen LogP contribution in [0, 0.1) is 0 Å². The molecule has 2 unspecified atom stereocenters. The minimum atomic E-state index is -5.11. The smallest absolute Gasteiger partial charge is 0.425 e. The molecule has 6 nitrogen and oxygen atoms in total. The van der Waals surface area contributed by atoms with E-state index < -0.39 is 36.5 Å². The number of carbonyl (C=O) groups is 2. The first-order valence-electron chi connectivity index (χ1n) is 6.70. The Hall–Kier alpha value is -1.56. The summed E-state index contributed by atoms with van der Waals surface area (Å²) < 4.78 is 80.0. The molecule has 12 heteroatoms. The van der Waals surface area contributed by atoms with E-state index in [2.05, 4.69) is 9.47 Å². The predicted molar refractivity (Wildman–Crippen MR) is 64.5 cm³/mol. The lowest BCUT2D eigenvalue weighted by Crippen LogP contribution is -2.37. The Kier molecular flexibility index (Phi) is 9.04. The van der Waals surface area contributed by atoms with Gasteiger partial charge in [-0.1, -0.05) is 0 Å². The molecule has 0 heterocycles. The molecule has 0 aliphatic carbocycles. The summed E-state index contributed by atoms with van der Waals surface area (Å²) >= 11 is 0. The van der Waals surface area contributed by atoms with Gasteiger partial charge in [0, 0.05) is 0 Å². The number of ether oxygens (including phenoxy) is 2. The van der Waals surface area contributed by atoms with Crippen molar-refractivity contribution in [2.24, 2.45) is 0 Å². The molecule has 0 rings (SSSR count). The standard InChI is InChI=1S/C12H16F6O6/c13-11(14,15)7(19)9(21)23-5-3-1-2-4-6-24-10(22)8(20)12(16,17)18/h7-8,19-20H,1-6H2. The molecule has 0 spiro atoms. The molecule has 0 radical (unpaired) electrons. The summed E-state index contributed by atoms with van der Waals surface area (Å²) in [5, 5.41) is 17.1. The number of carbonyl (C=O) groups excluding carboxylic acids is 2. The van der Waals surface area contributed by atoms with Gasteiger partial charge in [0.25, 0.3) is 0 Å². The third-order valence-electron chi connectivity index (χ3n) is 2.59. The number of halogens is 6. The van der Waals surface area contributed by atoms with E-state index in [0.29, 0.717) is 12.8 Å². The Balaban J connectivity index is 3.69. The first-order chi connectivity index (χ1) is 10.9. The summed E-state index contributed by atoms with van der Waals surface area (Å²) in [6.45, 7) is -0.753. The van der Waals surface area contributed by atoms with Crippen molar-refractivity contribution in [1.82, 2.24) is 0 Å². The molecule has 0 aromatic rings. The Morgan fingerprint density at radius 2 is 1.00 bits per heavy atom. The average molecular weight is 370 g/mol. The number of aliphatic hydroxyl groups excluding tert-OH is 2. The van der Waals surface area contributed by atoms with E-state index in [4.69, 9.17) is 10.2 Å². The molecule has 142 valence electrons. The van der Waals surface area contributed by atoms with E-state index in [0.717, 1.165) is 0 Å². The zero-order valence-corrected chi connectivity index (χ0v) is 12.2. The molecule has 0 aromatic carbocycles. The fourth-order valence-electron chi connectivity index (χ4n) is 1.33. The topological polar surface area (TPSA) is 93.1 Å². The van der Waals surface area contributed by atoms with Crippen molar-refractivity contribution in [2.75, 3.05) is 13.2 Å². The molecule has 0 amide bonds. The van der Waals surface area contributed by atoms with Crippen LogP contribution in [0.4, 0.5) is 26.3 Å². The van der Waals surface area contributed by atoms with Crippen LogP contribution in [0.5, 0.6) is 0 Å². The van der Waals surface area contributed by atoms with Gasteiger partial charge >= 0.3 is 24.3 Å². The van der Waals surface area contributed by atoms with E-state index in [1.165, 1.54) is 0 Å². The quantitative estimate of drug-likeness (QED) is 0.363. The second kappa shape index (κ2) is 9.67. The molecular formula is C12H16F6O6. The molecule has 0 fully saturated rings. The first-order valence-corrected chi connectivity index (χ1v) is 6.70. The number of alkyl halides is 6. The van der Waals surface area contributed by atoms with Crippen LogP contribution in [-0.4, -0.2) is 59.9 Å². The highest BCUT2D eigenvalue weighted by molar-refractivity contribution is 5.75. The summed E-state index contributed by atoms with van der Waals surface area (Å²) in [7, 11) is 0. The van der Waals surface area contributed by atoms with E-state index in [9.17, 15) is 35.9 Å². The van der Waals surface area contributed by atoms with Crippen molar-refractivity contribution < 1.29 is 55.6 Å². The maximum absolute atomic E-state index is 11.9. The fraction of sp³-hybridized carbons (Fsp3) is 0.833. The number of unbranched alkanes of at least 4 members (excludes halogenated alkanes) is 3. The van der Waals surface area contributed by atoms with Gasteiger partial charge in [-0.3, -0.25) is 0 Å². The van der Waals surface area contributed by atoms with Crippen LogP contribution < -0.4 is 0 Å². The SMILES string of the molecule is O=C(OCCCCCCOC(=O)C(O)C(F)(F)F)C(O)C(F)(F)F. The normalized spacial score (nSPS) is 14.8. The summed E-state index contributed by atoms with van der Waals surface area (Å²) in [6.07, 6.45) is -15.7. The molecule has 0 saturated heterocycles. The molecule has 0 bridgehead atoms. The molecule has 0 aliphatic rings. The first kappa shape index (κ1) is 22.4. The van der Waals surface area contributed by atoms with Crippen molar-refractivity contribution in [1.29, 1.82) is 0 Å². The zero-order valence-electron chi connectivity index (χ0n) is 12.2. The highest BCUT2D eigenvalue weighted by Crippen LogP contribution is 2.21. The minimum absolute atomic E-state index is 0.148. The monoisotopic (exact) mass is 370 g/mol. The maximum Gasteiger partial charge on any atom is 0.425 e. The molecule has 0 saturated carbocycles. The van der Waals surface area contributed by atoms with Crippen LogP contribution >= 0.6 is 0 Å². The number of esters is 2. The van der Waals surface area contributed by atoms with Gasteiger partial charge in [0.1, 0.15) is 0 Å². The van der Waals surface area contributed by atoms with Crippen LogP contribution in [0.3, 0.4) is 0 Å². The van der Waals surface area contributed by atoms with Crippen molar-refractivity contribution in [2.45, 2.75) is 50.2 Å². The average Bonchev–Trinajstić information content (AvgIpc) is 2.45. The van der Waals surface area contributed by atoms with Gasteiger partial charge in [-0.2, -0.15) is 26.3 Å². The van der Waals surface area contributed by atoms with Gasteiger partial charge in [-0.15, -0.1) is 0 Å². The van der Waals surface area contributed by atoms with E-state index in [1.54, 1.807) is 0 Å². The summed E-state index contributed by atoms with van der Waals surface area (Å²) in [4.78, 5) is 21.6. The van der Waals surface area contributed by atoms with Crippen molar-refractivity contribution in [3.05, 3.63) is 0 Å². The van der Waals surface area contributed by atoms with Gasteiger partial charge in [0.2, 0.25) is 12.2 Å². The lowest BCUT2D eigenvalue weighted by atomic mass is 10.2. The second-order valence-electron chi connectivity index (χ2n) is 4.64. The molecular weight excluding hydrogens is 354 g/mol. The molecule has 2 atom stereocenters. The van der Waals surface area contributed by atoms with E-state index in [-0.39, 0.29) is 26.1 Å². The van der Waals surface area contributed by atoms with E-state index >= 15 is 0 Å². The van der Waals surface area contributed by atoms with Gasteiger partial charge in [0.15, 0.2) is 0 Å². The van der Waals surface area contributed by atoms with Crippen molar-refractivity contribution in [3.63, 3.8) is 0 Å². The third-order valence-corrected chi connectivity index (χ3v) is 2.59. The molecule has 0 aliphatic heterocycles. The summed E-state index contributed by atoms with van der Waals surface area (Å²) in [6, 6.07) is 0. The van der Waals surface area contributed by atoms with Crippen LogP contribution in [0.1, 0.15) is 25.7 Å². The van der Waals surface area contributed by atoms with Crippen molar-refractivity contribution >= 4 is 11.9 Å². The molecule has 0 aromatic heterocycles. The van der Waals surface area contributed by atoms with Crippen LogP contribution in [0.15, 0.2) is 0 Å². The van der Waals surface area contributed by atoms with Crippen LogP contribution in [-0.2, 0) is 19.1 Å². The lowest BCUT2D eigenvalue weighted by Gasteiger charge is -2.14. The summed E-state index contributed by atoms with van der Waals surface area (Å²) in [5.41, 5.74) is 0. The third kappa shape index (κ3) is 8.91. The van der Waals surface area contributed by atoms with Crippen LogP contribution in [0.25, 0.3) is 0 Å². The number of hydrogen-bond donors (Lipinski definition) is 2. The number of rotatable bonds is 9. The Bertz CT molecular complexity index is 370. The largest absolute Gasteiger partial charge is 0.464 e. The predicted octanol–water partition coefficient (Wildman–Crippen LogP) is 1.48. The Labute approximate surface area is 132 Å². The number of aliphatic hydroxyl groups is 2. The van der Waals surface area contributed by atoms with E-state index in [1.807, 2.05) is 0 Å². The summed E-state index contributed by atoms with van der Waals surface area (Å²) in [5.74, 6) is -3.64. The lowest BCUT2D eigenvalue weighted by molar-refractivity contribution is -0.219. The van der Waals surface area contributed by atoms with Gasteiger partial charge in [-0.05, 0) is 25.7 Å². The molecule has 24 heavy (non-hydrogen) atoms. The van der Waals surface area contributed by atoms with Crippen LogP contribution in [0.2, 0.25) is 0 Å². The van der Waals surface area contributed by atoms with Gasteiger partial charge in [0.05, 0.1) is 13.2 Å². The zero-order chi connectivity index (χ0) is 19.0. The maximum atomic E-state index is 11.9. The van der Waals surface area contributed by atoms with Crippen molar-refractivity contribution in [3.8, 4) is 0 Å². The fourth-order valence-corrected chi connectivity index (χ4v) is 1.33. The molecule has 2 N–H and O–H groups in total. The second-order valence-corrected chi connectivity index (χ2v) is 4.64. The van der Waals surface area contributed by atoms with Gasteiger partial charge < -0.3 is 19.7 Å². The Morgan fingerprint density at radius 3 is 1.25 bits per heavy atom. The minimum Gasteiger partial charge on any atom is -0.464 e. The highest BCUT2D eigenvalue weighted by atomic mass is 19.4.